The minimum atomic E-state index is 0. The zero-order chi connectivity index (χ0) is 0. The second kappa shape index (κ2) is 30.8. The summed E-state index contributed by atoms with van der Waals surface area (Å²) >= 11 is 0. The minimum Gasteiger partial charge on any atom is 0 e. The summed E-state index contributed by atoms with van der Waals surface area (Å²) in [5, 5.41) is 0. The van der Waals surface area contributed by atoms with Crippen LogP contribution < -0.4 is 0 Å². The van der Waals surface area contributed by atoms with Gasteiger partial charge in [-0.15, -0.1) is 0 Å². The van der Waals surface area contributed by atoms with Gasteiger partial charge in [-0.3, -0.25) is 0 Å². The van der Waals surface area contributed by atoms with E-state index in [1.165, 1.54) is 0 Å². The summed E-state index contributed by atoms with van der Waals surface area (Å²) in [6, 6.07) is 0. The summed E-state index contributed by atoms with van der Waals surface area (Å²) in [5.74, 6) is 0. The Kier molecular flexibility index (Phi) is 305. The van der Waals surface area contributed by atoms with Crippen molar-refractivity contribution >= 4 is 0 Å². The van der Waals surface area contributed by atoms with Crippen molar-refractivity contribution in [2.75, 3.05) is 0 Å². The van der Waals surface area contributed by atoms with E-state index in [1.54, 1.807) is 0 Å². The van der Waals surface area contributed by atoms with Crippen molar-refractivity contribution in [2.45, 2.75) is 0 Å². The van der Waals surface area contributed by atoms with Gasteiger partial charge in [-0.25, -0.2) is 0 Å². The van der Waals surface area contributed by atoms with Crippen LogP contribution in [0.1, 0.15) is 0 Å². The maximum absolute atomic E-state index is 0. The molecule has 0 spiro atoms. The predicted molar refractivity (Wildman–Crippen MR) is 0 cm³/mol. The number of hydrogen-bond acceptors (Lipinski definition) is 0. The Bertz CT molecular complexity index is 9.61. The normalized spacial score (nSPS) is 0. The van der Waals surface area contributed by atoms with Gasteiger partial charge in [0.05, 0.1) is 0 Å². The van der Waals surface area contributed by atoms with Crippen molar-refractivity contribution in [3.8, 4) is 0 Å². The average molecular weight is 289 g/mol. The maximum atomic E-state index is 0. The van der Waals surface area contributed by atoms with Crippen LogP contribution in [0.4, 0.5) is 0 Å². The molecule has 0 amide bonds. The van der Waals surface area contributed by atoms with Crippen molar-refractivity contribution in [3.63, 3.8) is 0 Å². The van der Waals surface area contributed by atoms with E-state index in [-0.39, 0.29) is 84.8 Å². The summed E-state index contributed by atoms with van der Waals surface area (Å²) in [7, 11) is 0. The largest absolute Gasteiger partial charge is 0 e. The molecule has 0 fully saturated rings. The van der Waals surface area contributed by atoms with Gasteiger partial charge in [0.25, 0.3) is 0 Å². The van der Waals surface area contributed by atoms with Crippen LogP contribution in [0.25, 0.3) is 0 Å². The number of hydrogen-bond donors (Lipinski definition) is 0. The summed E-state index contributed by atoms with van der Waals surface area (Å²) < 4.78 is 0. The first-order valence-corrected chi connectivity index (χ1v) is 0. The second-order valence-electron chi connectivity index (χ2n) is 0. The van der Waals surface area contributed by atoms with E-state index < -0.39 is 0 Å². The standard InChI is InChI=1S/Cu.2Fe.Mn.Ni. The van der Waals surface area contributed by atoms with E-state index in [9.17, 15) is 0 Å². The van der Waals surface area contributed by atoms with Crippen molar-refractivity contribution in [1.29, 1.82) is 0 Å². The van der Waals surface area contributed by atoms with E-state index in [4.69, 9.17) is 0 Å². The van der Waals surface area contributed by atoms with E-state index in [0.29, 0.717) is 0 Å². The molecule has 0 unspecified atom stereocenters. The van der Waals surface area contributed by atoms with Crippen LogP contribution in [-0.2, 0) is 84.8 Å². The van der Waals surface area contributed by atoms with Crippen LogP contribution in [0.5, 0.6) is 0 Å². The minimum absolute atomic E-state index is 0. The van der Waals surface area contributed by atoms with Crippen molar-refractivity contribution in [3.05, 3.63) is 0 Å². The molecule has 0 saturated carbocycles. The Morgan fingerprint density at radius 1 is 0.800 bits per heavy atom. The average Bonchev–Trinajstić information content (AvgIpc) is 0. The molecule has 0 atom stereocenters. The van der Waals surface area contributed by atoms with Crippen molar-refractivity contribution in [1.82, 2.24) is 0 Å². The molecule has 0 aromatic heterocycles. The van der Waals surface area contributed by atoms with E-state index in [0.717, 1.165) is 0 Å². The monoisotopic (exact) mass is 288 g/mol. The third kappa shape index (κ3) is 20.8. The Morgan fingerprint density at radius 2 is 0.800 bits per heavy atom. The Hall–Kier alpha value is 2.57. The maximum Gasteiger partial charge on any atom is 0 e. The zero-order valence-electron chi connectivity index (χ0n) is 1.70. The smallest absolute Gasteiger partial charge is 0 e. The van der Waals surface area contributed by atoms with Crippen LogP contribution in [0.15, 0.2) is 0 Å². The molecule has 0 saturated heterocycles. The van der Waals surface area contributed by atoms with Gasteiger partial charge in [0.15, 0.2) is 0 Å². The molecule has 0 bridgehead atoms. The molecule has 0 aliphatic carbocycles. The predicted octanol–water partition coefficient (Wildman–Crippen LogP) is -0.0125. The third-order valence-corrected chi connectivity index (χ3v) is 0. The molecular weight excluding hydrogens is 289 g/mol. The molecule has 0 rings (SSSR count). The van der Waals surface area contributed by atoms with Gasteiger partial charge >= 0.3 is 0 Å². The second-order valence-corrected chi connectivity index (χ2v) is 0. The molecule has 5 heteroatoms. The molecule has 0 aromatic carbocycles. The van der Waals surface area contributed by atoms with Crippen LogP contribution in [0, 0.1) is 0 Å². The third-order valence-electron chi connectivity index (χ3n) is 0. The Morgan fingerprint density at radius 3 is 0.800 bits per heavy atom. The quantitative estimate of drug-likeness (QED) is 0.550. The van der Waals surface area contributed by atoms with Gasteiger partial charge < -0.3 is 0 Å². The SMILES string of the molecule is [Cu].[Fe].[Fe].[Mn].[Ni]. The molecule has 0 aromatic rings. The van der Waals surface area contributed by atoms with E-state index in [1.807, 2.05) is 0 Å². The molecule has 5 heavy (non-hydrogen) atoms. The van der Waals surface area contributed by atoms with Gasteiger partial charge in [0.1, 0.15) is 0 Å². The summed E-state index contributed by atoms with van der Waals surface area (Å²) in [4.78, 5) is 0. The van der Waals surface area contributed by atoms with Crippen LogP contribution >= 0.6 is 0 Å². The topological polar surface area (TPSA) is 0 Å². The molecule has 2 radical (unpaired) electrons. The molecule has 44 valence electrons. The van der Waals surface area contributed by atoms with Gasteiger partial charge in [0, 0.05) is 84.8 Å². The van der Waals surface area contributed by atoms with Gasteiger partial charge in [-0.2, -0.15) is 0 Å². The van der Waals surface area contributed by atoms with E-state index >= 15 is 0 Å². The zero-order valence-corrected chi connectivity index (χ0v) is 7.02. The fourth-order valence-electron chi connectivity index (χ4n) is 0. The van der Waals surface area contributed by atoms with Gasteiger partial charge in [0.2, 0.25) is 0 Å². The molecule has 0 heterocycles. The number of rotatable bonds is 0. The molecule has 0 aliphatic heterocycles. The summed E-state index contributed by atoms with van der Waals surface area (Å²) in [6.45, 7) is 0. The first kappa shape index (κ1) is 49.4. The van der Waals surface area contributed by atoms with Gasteiger partial charge in [-0.05, 0) is 0 Å². The first-order chi connectivity index (χ1) is 0. The summed E-state index contributed by atoms with van der Waals surface area (Å²) in [6.07, 6.45) is 0. The summed E-state index contributed by atoms with van der Waals surface area (Å²) in [5.41, 5.74) is 0. The Labute approximate surface area is 83.8 Å². The van der Waals surface area contributed by atoms with Crippen LogP contribution in [0.3, 0.4) is 0 Å². The van der Waals surface area contributed by atoms with Crippen molar-refractivity contribution in [2.24, 2.45) is 0 Å². The molecular formula is CuFe2MnNi. The van der Waals surface area contributed by atoms with Gasteiger partial charge in [-0.1, -0.05) is 0 Å². The molecule has 0 N–H and O–H groups in total. The molecule has 0 nitrogen and oxygen atoms in total. The first-order valence-electron chi connectivity index (χ1n) is 0. The molecule has 0 aliphatic rings. The van der Waals surface area contributed by atoms with Crippen molar-refractivity contribution < 1.29 is 84.8 Å². The van der Waals surface area contributed by atoms with E-state index in [2.05, 4.69) is 0 Å². The fraction of sp³-hybridized carbons (Fsp3) is 0. The van der Waals surface area contributed by atoms with Crippen LogP contribution in [0.2, 0.25) is 0 Å². The Balaban J connectivity index is 0. The van der Waals surface area contributed by atoms with Crippen LogP contribution in [-0.4, -0.2) is 0 Å². The fourth-order valence-corrected chi connectivity index (χ4v) is 0.